The van der Waals surface area contributed by atoms with Crippen LogP contribution in [0.15, 0.2) is 18.2 Å². The third kappa shape index (κ3) is 0.632. The summed E-state index contributed by atoms with van der Waals surface area (Å²) < 4.78 is 0. The van der Waals surface area contributed by atoms with Gasteiger partial charge in [0.2, 0.25) is 0 Å². The molecule has 2 aliphatic carbocycles. The molecular weight excluding hydrogens is 146 g/mol. The van der Waals surface area contributed by atoms with Crippen LogP contribution in [0.1, 0.15) is 29.5 Å². The summed E-state index contributed by atoms with van der Waals surface area (Å²) in [5.41, 5.74) is 10.9. The first-order valence-corrected chi connectivity index (χ1v) is 4.70. The molecule has 0 amide bonds. The molecule has 1 heteroatoms. The van der Waals surface area contributed by atoms with Crippen LogP contribution in [-0.4, -0.2) is 0 Å². The molecule has 0 fully saturated rings. The lowest BCUT2D eigenvalue weighted by Gasteiger charge is -2.18. The second-order valence-corrected chi connectivity index (χ2v) is 4.11. The predicted octanol–water partition coefficient (Wildman–Crippen LogP) is 1.73. The molecule has 62 valence electrons. The molecule has 0 bridgehead atoms. The lowest BCUT2D eigenvalue weighted by molar-refractivity contribution is 0.437. The Morgan fingerprint density at radius 3 is 2.25 bits per heavy atom. The highest BCUT2D eigenvalue weighted by Crippen LogP contribution is 2.45. The highest BCUT2D eigenvalue weighted by molar-refractivity contribution is 5.47. The van der Waals surface area contributed by atoms with Crippen molar-refractivity contribution < 1.29 is 0 Å². The van der Waals surface area contributed by atoms with Crippen molar-refractivity contribution in [3.63, 3.8) is 0 Å². The maximum Gasteiger partial charge on any atom is 0.0421 e. The van der Waals surface area contributed by atoms with E-state index in [4.69, 9.17) is 5.73 Å². The van der Waals surface area contributed by atoms with Crippen molar-refractivity contribution in [1.82, 2.24) is 0 Å². The van der Waals surface area contributed by atoms with Crippen LogP contribution in [-0.2, 0) is 18.4 Å². The van der Waals surface area contributed by atoms with E-state index in [0.717, 1.165) is 0 Å². The zero-order valence-electron chi connectivity index (χ0n) is 7.14. The van der Waals surface area contributed by atoms with Crippen LogP contribution < -0.4 is 5.73 Å². The van der Waals surface area contributed by atoms with E-state index in [1.807, 2.05) is 0 Å². The molecule has 3 rings (SSSR count). The highest BCUT2D eigenvalue weighted by atomic mass is 14.8. The molecule has 0 atom stereocenters. The van der Waals surface area contributed by atoms with Gasteiger partial charge in [0.05, 0.1) is 0 Å². The van der Waals surface area contributed by atoms with Crippen LogP contribution in [0.4, 0.5) is 0 Å². The van der Waals surface area contributed by atoms with E-state index in [2.05, 4.69) is 18.2 Å². The third-order valence-electron chi connectivity index (χ3n) is 3.42. The zero-order chi connectivity index (χ0) is 8.18. The van der Waals surface area contributed by atoms with E-state index in [-0.39, 0.29) is 5.54 Å². The average Bonchev–Trinajstić information content (AvgIpc) is 2.58. The summed E-state index contributed by atoms with van der Waals surface area (Å²) >= 11 is 0. The summed E-state index contributed by atoms with van der Waals surface area (Å²) in [6.45, 7) is 0. The van der Waals surface area contributed by atoms with E-state index in [0.29, 0.717) is 0 Å². The standard InChI is InChI=1S/C11H13N/c12-11-6-4-8-2-1-3-9(5-7-11)10(8)11/h1-3H,4-7,12H2. The molecule has 0 saturated heterocycles. The van der Waals surface area contributed by atoms with Crippen LogP contribution in [0.25, 0.3) is 0 Å². The Bertz CT molecular complexity index is 315. The minimum Gasteiger partial charge on any atom is -0.321 e. The summed E-state index contributed by atoms with van der Waals surface area (Å²) in [5, 5.41) is 0. The number of rotatable bonds is 0. The predicted molar refractivity (Wildman–Crippen MR) is 48.9 cm³/mol. The van der Waals surface area contributed by atoms with Gasteiger partial charge < -0.3 is 5.73 Å². The molecular formula is C11H13N. The summed E-state index contributed by atoms with van der Waals surface area (Å²) in [5.74, 6) is 0. The Labute approximate surface area is 72.6 Å². The van der Waals surface area contributed by atoms with Gasteiger partial charge in [-0.05, 0) is 42.4 Å². The monoisotopic (exact) mass is 159 g/mol. The van der Waals surface area contributed by atoms with E-state index >= 15 is 0 Å². The van der Waals surface area contributed by atoms with Crippen LogP contribution >= 0.6 is 0 Å². The molecule has 0 radical (unpaired) electrons. The van der Waals surface area contributed by atoms with E-state index in [1.54, 1.807) is 0 Å². The van der Waals surface area contributed by atoms with Crippen molar-refractivity contribution in [2.75, 3.05) is 0 Å². The van der Waals surface area contributed by atoms with Crippen molar-refractivity contribution in [3.05, 3.63) is 34.9 Å². The van der Waals surface area contributed by atoms with Gasteiger partial charge in [0.1, 0.15) is 0 Å². The number of benzene rings is 1. The van der Waals surface area contributed by atoms with Crippen LogP contribution in [0.3, 0.4) is 0 Å². The van der Waals surface area contributed by atoms with E-state index in [1.165, 1.54) is 42.4 Å². The quantitative estimate of drug-likeness (QED) is 0.613. The maximum atomic E-state index is 6.32. The van der Waals surface area contributed by atoms with Crippen molar-refractivity contribution >= 4 is 0 Å². The first-order valence-electron chi connectivity index (χ1n) is 4.70. The Hall–Kier alpha value is -0.820. The van der Waals surface area contributed by atoms with E-state index in [9.17, 15) is 0 Å². The summed E-state index contributed by atoms with van der Waals surface area (Å²) in [6.07, 6.45) is 4.72. The Kier molecular flexibility index (Phi) is 1.06. The molecule has 1 aromatic carbocycles. The molecule has 0 aromatic heterocycles. The average molecular weight is 159 g/mol. The SMILES string of the molecule is NC12CCc3cccc(c31)CC2. The lowest BCUT2D eigenvalue weighted by Crippen LogP contribution is -2.30. The Morgan fingerprint density at radius 2 is 1.67 bits per heavy atom. The number of nitrogens with two attached hydrogens (primary N) is 1. The maximum absolute atomic E-state index is 6.32. The number of hydrogen-bond donors (Lipinski definition) is 1. The summed E-state index contributed by atoms with van der Waals surface area (Å²) in [4.78, 5) is 0. The number of aryl methyl sites for hydroxylation is 2. The van der Waals surface area contributed by atoms with Gasteiger partial charge in [-0.1, -0.05) is 18.2 Å². The molecule has 2 aliphatic rings. The van der Waals surface area contributed by atoms with Crippen LogP contribution in [0.2, 0.25) is 0 Å². The van der Waals surface area contributed by atoms with Crippen molar-refractivity contribution in [1.29, 1.82) is 0 Å². The normalized spacial score (nSPS) is 22.8. The lowest BCUT2D eigenvalue weighted by atomic mass is 9.96. The minimum absolute atomic E-state index is 0.0614. The van der Waals surface area contributed by atoms with Gasteiger partial charge in [0, 0.05) is 5.54 Å². The van der Waals surface area contributed by atoms with Gasteiger partial charge in [-0.3, -0.25) is 0 Å². The van der Waals surface area contributed by atoms with Crippen molar-refractivity contribution in [3.8, 4) is 0 Å². The molecule has 0 spiro atoms. The van der Waals surface area contributed by atoms with Crippen molar-refractivity contribution in [2.24, 2.45) is 5.73 Å². The first-order chi connectivity index (χ1) is 5.80. The molecule has 0 heterocycles. The van der Waals surface area contributed by atoms with Gasteiger partial charge in [-0.25, -0.2) is 0 Å². The molecule has 2 N–H and O–H groups in total. The highest BCUT2D eigenvalue weighted by Gasteiger charge is 2.40. The second-order valence-electron chi connectivity index (χ2n) is 4.11. The van der Waals surface area contributed by atoms with Crippen LogP contribution in [0, 0.1) is 0 Å². The zero-order valence-corrected chi connectivity index (χ0v) is 7.14. The largest absolute Gasteiger partial charge is 0.321 e. The molecule has 1 nitrogen and oxygen atoms in total. The smallest absolute Gasteiger partial charge is 0.0421 e. The van der Waals surface area contributed by atoms with Gasteiger partial charge in [-0.2, -0.15) is 0 Å². The molecule has 0 aliphatic heterocycles. The second kappa shape index (κ2) is 1.91. The molecule has 1 aromatic rings. The van der Waals surface area contributed by atoms with Crippen molar-refractivity contribution in [2.45, 2.75) is 31.2 Å². The first kappa shape index (κ1) is 6.67. The molecule has 0 unspecified atom stereocenters. The fourth-order valence-corrected chi connectivity index (χ4v) is 2.80. The van der Waals surface area contributed by atoms with Gasteiger partial charge in [0.25, 0.3) is 0 Å². The van der Waals surface area contributed by atoms with Gasteiger partial charge >= 0.3 is 0 Å². The summed E-state index contributed by atoms with van der Waals surface area (Å²) in [7, 11) is 0. The summed E-state index contributed by atoms with van der Waals surface area (Å²) in [6, 6.07) is 6.64. The Morgan fingerprint density at radius 1 is 1.08 bits per heavy atom. The minimum atomic E-state index is 0.0614. The Balaban J connectivity index is 2.33. The fourth-order valence-electron chi connectivity index (χ4n) is 2.80. The van der Waals surface area contributed by atoms with Crippen LogP contribution in [0.5, 0.6) is 0 Å². The van der Waals surface area contributed by atoms with Gasteiger partial charge in [0.15, 0.2) is 0 Å². The molecule has 0 saturated carbocycles. The third-order valence-corrected chi connectivity index (χ3v) is 3.42. The number of hydrogen-bond acceptors (Lipinski definition) is 1. The fraction of sp³-hybridized carbons (Fsp3) is 0.455. The van der Waals surface area contributed by atoms with E-state index < -0.39 is 0 Å². The van der Waals surface area contributed by atoms with Gasteiger partial charge in [-0.15, -0.1) is 0 Å². The topological polar surface area (TPSA) is 26.0 Å². The molecule has 12 heavy (non-hydrogen) atoms.